The number of esters is 3. The van der Waals surface area contributed by atoms with E-state index in [1.807, 2.05) is 0 Å². The topological polar surface area (TPSA) is 78.9 Å². The molecule has 0 amide bonds. The molecule has 0 aliphatic rings. The Labute approximate surface area is 409 Å². The van der Waals surface area contributed by atoms with E-state index in [1.54, 1.807) is 0 Å². The van der Waals surface area contributed by atoms with Gasteiger partial charge in [-0.05, 0) is 89.9 Å². The van der Waals surface area contributed by atoms with Gasteiger partial charge in [-0.2, -0.15) is 0 Å². The van der Waals surface area contributed by atoms with E-state index >= 15 is 0 Å². The van der Waals surface area contributed by atoms with Crippen molar-refractivity contribution in [3.8, 4) is 0 Å². The Bertz CT molecular complexity index is 1200. The van der Waals surface area contributed by atoms with Crippen LogP contribution in [0.15, 0.2) is 60.8 Å². The molecule has 0 spiro atoms. The van der Waals surface area contributed by atoms with Gasteiger partial charge in [-0.25, -0.2) is 0 Å². The van der Waals surface area contributed by atoms with Crippen molar-refractivity contribution >= 4 is 17.9 Å². The average Bonchev–Trinajstić information content (AvgIpc) is 3.31. The second-order valence-corrected chi connectivity index (χ2v) is 18.8. The molecule has 0 N–H and O–H groups in total. The first kappa shape index (κ1) is 63.1. The number of ether oxygens (including phenoxy) is 3. The van der Waals surface area contributed by atoms with Crippen molar-refractivity contribution in [1.82, 2.24) is 0 Å². The summed E-state index contributed by atoms with van der Waals surface area (Å²) < 4.78 is 16.8. The molecular weight excluding hydrogens is 817 g/mol. The fourth-order valence-corrected chi connectivity index (χ4v) is 7.95. The Hall–Kier alpha value is -2.89. The lowest BCUT2D eigenvalue weighted by Gasteiger charge is -2.18. The van der Waals surface area contributed by atoms with E-state index in [0.29, 0.717) is 19.3 Å². The highest BCUT2D eigenvalue weighted by Crippen LogP contribution is 2.15. The van der Waals surface area contributed by atoms with Gasteiger partial charge in [0.2, 0.25) is 0 Å². The zero-order valence-electron chi connectivity index (χ0n) is 43.7. The van der Waals surface area contributed by atoms with Crippen LogP contribution in [0.5, 0.6) is 0 Å². The van der Waals surface area contributed by atoms with Gasteiger partial charge in [-0.3, -0.25) is 14.4 Å². The zero-order chi connectivity index (χ0) is 47.9. The van der Waals surface area contributed by atoms with Crippen molar-refractivity contribution in [2.24, 2.45) is 0 Å². The monoisotopic (exact) mass is 923 g/mol. The standard InChI is InChI=1S/C60H106O6/c1-4-7-10-13-16-19-21-23-25-27-28-29-30-31-32-33-35-36-38-41-44-47-50-53-59(62)65-56-57(55-64-58(61)52-49-46-43-40-18-15-12-9-6-3)66-60(63)54-51-48-45-42-39-37-34-26-24-22-20-17-14-11-8-5-2/h20-23,26-28,30-31,34,57H,4-19,24-25,29,32-33,35-56H2,1-3H3/b22-20-,23-21-,28-27-,31-30-,34-26-. The summed E-state index contributed by atoms with van der Waals surface area (Å²) in [6.45, 7) is 6.59. The molecule has 6 heteroatoms. The van der Waals surface area contributed by atoms with Crippen molar-refractivity contribution < 1.29 is 28.6 Å². The second-order valence-electron chi connectivity index (χ2n) is 18.8. The molecule has 0 heterocycles. The number of hydrogen-bond donors (Lipinski definition) is 0. The van der Waals surface area contributed by atoms with Gasteiger partial charge < -0.3 is 14.2 Å². The summed E-state index contributed by atoms with van der Waals surface area (Å²) in [7, 11) is 0. The Balaban J connectivity index is 4.29. The predicted octanol–water partition coefficient (Wildman–Crippen LogP) is 18.8. The van der Waals surface area contributed by atoms with E-state index in [0.717, 1.165) is 103 Å². The molecule has 0 rings (SSSR count). The van der Waals surface area contributed by atoms with Gasteiger partial charge in [0, 0.05) is 19.3 Å². The summed E-state index contributed by atoms with van der Waals surface area (Å²) >= 11 is 0. The molecule has 0 aliphatic heterocycles. The van der Waals surface area contributed by atoms with E-state index in [4.69, 9.17) is 14.2 Å². The molecule has 1 atom stereocenters. The van der Waals surface area contributed by atoms with Crippen LogP contribution in [0.1, 0.15) is 284 Å². The summed E-state index contributed by atoms with van der Waals surface area (Å²) in [6, 6.07) is 0. The largest absolute Gasteiger partial charge is 0.462 e. The molecule has 0 saturated carbocycles. The maximum Gasteiger partial charge on any atom is 0.306 e. The van der Waals surface area contributed by atoms with Crippen molar-refractivity contribution in [1.29, 1.82) is 0 Å². The Kier molecular flexibility index (Phi) is 52.3. The van der Waals surface area contributed by atoms with Crippen molar-refractivity contribution in [3.05, 3.63) is 60.8 Å². The molecule has 0 fully saturated rings. The number of allylic oxidation sites excluding steroid dienone is 10. The van der Waals surface area contributed by atoms with Crippen LogP contribution >= 0.6 is 0 Å². The highest BCUT2D eigenvalue weighted by Gasteiger charge is 2.19. The Morgan fingerprint density at radius 2 is 0.545 bits per heavy atom. The Morgan fingerprint density at radius 1 is 0.303 bits per heavy atom. The highest BCUT2D eigenvalue weighted by atomic mass is 16.6. The molecule has 0 aliphatic carbocycles. The first-order chi connectivity index (χ1) is 32.5. The van der Waals surface area contributed by atoms with Crippen LogP contribution in [0.2, 0.25) is 0 Å². The third-order valence-corrected chi connectivity index (χ3v) is 12.2. The van der Waals surface area contributed by atoms with Gasteiger partial charge in [0.1, 0.15) is 13.2 Å². The van der Waals surface area contributed by atoms with Gasteiger partial charge in [-0.1, -0.05) is 236 Å². The smallest absolute Gasteiger partial charge is 0.306 e. The lowest BCUT2D eigenvalue weighted by molar-refractivity contribution is -0.167. The predicted molar refractivity (Wildman–Crippen MR) is 284 cm³/mol. The fourth-order valence-electron chi connectivity index (χ4n) is 7.95. The third kappa shape index (κ3) is 52.1. The summed E-state index contributed by atoms with van der Waals surface area (Å²) in [5.41, 5.74) is 0. The van der Waals surface area contributed by atoms with Gasteiger partial charge >= 0.3 is 17.9 Å². The van der Waals surface area contributed by atoms with Crippen LogP contribution < -0.4 is 0 Å². The van der Waals surface area contributed by atoms with Gasteiger partial charge in [0.05, 0.1) is 0 Å². The van der Waals surface area contributed by atoms with Crippen LogP contribution in [0.3, 0.4) is 0 Å². The molecular formula is C60H106O6. The van der Waals surface area contributed by atoms with E-state index in [-0.39, 0.29) is 31.1 Å². The zero-order valence-corrected chi connectivity index (χ0v) is 43.7. The lowest BCUT2D eigenvalue weighted by Crippen LogP contribution is -2.30. The fraction of sp³-hybridized carbons (Fsp3) is 0.783. The minimum absolute atomic E-state index is 0.0807. The molecule has 0 aromatic carbocycles. The molecule has 0 aromatic heterocycles. The van der Waals surface area contributed by atoms with Crippen LogP contribution in [0.25, 0.3) is 0 Å². The number of unbranched alkanes of at least 4 members (excludes halogenated alkanes) is 30. The van der Waals surface area contributed by atoms with Gasteiger partial charge in [-0.15, -0.1) is 0 Å². The first-order valence-corrected chi connectivity index (χ1v) is 28.3. The maximum atomic E-state index is 12.8. The van der Waals surface area contributed by atoms with Crippen LogP contribution in [-0.4, -0.2) is 37.2 Å². The summed E-state index contributed by atoms with van der Waals surface area (Å²) in [5.74, 6) is -0.897. The van der Waals surface area contributed by atoms with E-state index < -0.39 is 6.10 Å². The van der Waals surface area contributed by atoms with Crippen LogP contribution in [-0.2, 0) is 28.6 Å². The molecule has 1 unspecified atom stereocenters. The summed E-state index contributed by atoms with van der Waals surface area (Å²) in [5, 5.41) is 0. The molecule has 0 aromatic rings. The van der Waals surface area contributed by atoms with E-state index in [1.165, 1.54) is 141 Å². The molecule has 0 saturated heterocycles. The minimum atomic E-state index is -0.782. The molecule has 0 bridgehead atoms. The number of carbonyl (C=O) groups is 3. The molecule has 6 nitrogen and oxygen atoms in total. The van der Waals surface area contributed by atoms with Gasteiger partial charge in [0.25, 0.3) is 0 Å². The maximum absolute atomic E-state index is 12.8. The average molecular weight is 924 g/mol. The second kappa shape index (κ2) is 54.7. The van der Waals surface area contributed by atoms with E-state index in [2.05, 4.69) is 81.5 Å². The summed E-state index contributed by atoms with van der Waals surface area (Å²) in [4.78, 5) is 38.0. The van der Waals surface area contributed by atoms with Crippen molar-refractivity contribution in [3.63, 3.8) is 0 Å². The van der Waals surface area contributed by atoms with Crippen LogP contribution in [0, 0.1) is 0 Å². The van der Waals surface area contributed by atoms with Crippen molar-refractivity contribution in [2.75, 3.05) is 13.2 Å². The van der Waals surface area contributed by atoms with E-state index in [9.17, 15) is 14.4 Å². The first-order valence-electron chi connectivity index (χ1n) is 28.3. The Morgan fingerprint density at radius 3 is 0.864 bits per heavy atom. The number of carbonyl (C=O) groups excluding carboxylic acids is 3. The highest BCUT2D eigenvalue weighted by molar-refractivity contribution is 5.71. The normalized spacial score (nSPS) is 12.5. The number of hydrogen-bond acceptors (Lipinski definition) is 6. The van der Waals surface area contributed by atoms with Gasteiger partial charge in [0.15, 0.2) is 6.10 Å². The van der Waals surface area contributed by atoms with Crippen molar-refractivity contribution in [2.45, 2.75) is 290 Å². The quantitative estimate of drug-likeness (QED) is 0.0262. The number of rotatable bonds is 51. The summed E-state index contributed by atoms with van der Waals surface area (Å²) in [6.07, 6.45) is 67.8. The SMILES string of the molecule is CCCCCC/C=C\C/C=C\CCCCCCCC(=O)OC(COC(=O)CCCCCCCCCCC)COC(=O)CCCCCCCCCC/C=C\C/C=C\C/C=C\CCCCCCC. The molecule has 0 radical (unpaired) electrons. The molecule has 66 heavy (non-hydrogen) atoms. The van der Waals surface area contributed by atoms with Crippen LogP contribution in [0.4, 0.5) is 0 Å². The lowest BCUT2D eigenvalue weighted by atomic mass is 10.1. The molecule has 382 valence electrons. The third-order valence-electron chi connectivity index (χ3n) is 12.2. The minimum Gasteiger partial charge on any atom is -0.462 e.